The van der Waals surface area contributed by atoms with Crippen molar-refractivity contribution in [3.8, 4) is 0 Å². The number of fused-ring (bicyclic) bond motifs is 2. The van der Waals surface area contributed by atoms with Crippen molar-refractivity contribution in [3.63, 3.8) is 0 Å². The Hall–Kier alpha value is -2.29. The Kier molecular flexibility index (Phi) is 5.18. The predicted octanol–water partition coefficient (Wildman–Crippen LogP) is 0.847. The summed E-state index contributed by atoms with van der Waals surface area (Å²) in [5.74, 6) is 0.00983. The number of hydrogen-bond donors (Lipinski definition) is 3. The molecule has 1 saturated heterocycles. The van der Waals surface area contributed by atoms with Gasteiger partial charge in [0.15, 0.2) is 11.5 Å². The maximum atomic E-state index is 12.4. The van der Waals surface area contributed by atoms with E-state index in [-0.39, 0.29) is 12.3 Å². The Balaban J connectivity index is 1.67. The van der Waals surface area contributed by atoms with Gasteiger partial charge in [0.25, 0.3) is 5.91 Å². The van der Waals surface area contributed by atoms with Gasteiger partial charge in [0, 0.05) is 25.7 Å². The Morgan fingerprint density at radius 1 is 1.25 bits per heavy atom. The molecular formula is C20H27N5O3. The lowest BCUT2D eigenvalue weighted by Crippen LogP contribution is -2.55. The highest BCUT2D eigenvalue weighted by molar-refractivity contribution is 6.70. The van der Waals surface area contributed by atoms with Gasteiger partial charge in [-0.25, -0.2) is 9.98 Å². The zero-order chi connectivity index (χ0) is 19.8. The topological polar surface area (TPSA) is 101 Å². The number of amides is 1. The molecule has 0 aromatic heterocycles. The van der Waals surface area contributed by atoms with E-state index in [2.05, 4.69) is 33.2 Å². The molecule has 150 valence electrons. The van der Waals surface area contributed by atoms with Gasteiger partial charge in [-0.3, -0.25) is 9.69 Å². The summed E-state index contributed by atoms with van der Waals surface area (Å²) in [6, 6.07) is 4.45. The molecule has 3 N–H and O–H groups in total. The van der Waals surface area contributed by atoms with E-state index in [1.54, 1.807) is 0 Å². The van der Waals surface area contributed by atoms with E-state index in [4.69, 9.17) is 0 Å². The van der Waals surface area contributed by atoms with Crippen molar-refractivity contribution in [3.05, 3.63) is 23.3 Å². The highest BCUT2D eigenvalue weighted by Gasteiger charge is 2.36. The number of anilines is 1. The lowest BCUT2D eigenvalue weighted by Gasteiger charge is -2.36. The van der Waals surface area contributed by atoms with E-state index >= 15 is 0 Å². The molecule has 3 aliphatic heterocycles. The van der Waals surface area contributed by atoms with Crippen LogP contribution >= 0.6 is 0 Å². The van der Waals surface area contributed by atoms with Gasteiger partial charge in [-0.2, -0.15) is 0 Å². The van der Waals surface area contributed by atoms with E-state index in [9.17, 15) is 15.0 Å². The zero-order valence-corrected chi connectivity index (χ0v) is 16.4. The maximum absolute atomic E-state index is 12.4. The minimum atomic E-state index is -1.26. The highest BCUT2D eigenvalue weighted by atomic mass is 16.3. The molecule has 3 heterocycles. The number of rotatable bonds is 5. The van der Waals surface area contributed by atoms with Gasteiger partial charge < -0.3 is 20.4 Å². The maximum Gasteiger partial charge on any atom is 0.277 e. The summed E-state index contributed by atoms with van der Waals surface area (Å²) in [7, 11) is 0. The second-order valence-corrected chi connectivity index (χ2v) is 7.68. The Labute approximate surface area is 164 Å². The van der Waals surface area contributed by atoms with Crippen LogP contribution in [0.2, 0.25) is 0 Å². The molecule has 8 nitrogen and oxygen atoms in total. The van der Waals surface area contributed by atoms with Gasteiger partial charge in [0.2, 0.25) is 6.35 Å². The number of hydrogen-bond acceptors (Lipinski definition) is 7. The number of aliphatic hydroxyl groups excluding tert-OH is 2. The van der Waals surface area contributed by atoms with Gasteiger partial charge in [-0.15, -0.1) is 0 Å². The molecule has 0 bridgehead atoms. The van der Waals surface area contributed by atoms with E-state index in [1.165, 1.54) is 0 Å². The third kappa shape index (κ3) is 3.43. The Morgan fingerprint density at radius 2 is 2.04 bits per heavy atom. The molecule has 4 rings (SSSR count). The number of nitrogens with zero attached hydrogens (tertiary/aromatic N) is 4. The van der Waals surface area contributed by atoms with Crippen LogP contribution < -0.4 is 10.2 Å². The summed E-state index contributed by atoms with van der Waals surface area (Å²) in [5.41, 5.74) is 4.15. The zero-order valence-electron chi connectivity index (χ0n) is 16.4. The van der Waals surface area contributed by atoms with Gasteiger partial charge >= 0.3 is 0 Å². The van der Waals surface area contributed by atoms with Gasteiger partial charge in [-0.05, 0) is 62.9 Å². The van der Waals surface area contributed by atoms with Gasteiger partial charge in [-0.1, -0.05) is 0 Å². The lowest BCUT2D eigenvalue weighted by molar-refractivity contribution is -0.117. The number of aliphatic imine (C=N–C) groups is 2. The summed E-state index contributed by atoms with van der Waals surface area (Å²) < 4.78 is 0. The summed E-state index contributed by atoms with van der Waals surface area (Å²) in [6.07, 6.45) is 1.76. The fourth-order valence-electron chi connectivity index (χ4n) is 4.24. The Bertz CT molecular complexity index is 850. The first kappa shape index (κ1) is 19.0. The molecule has 0 aliphatic carbocycles. The molecule has 0 radical (unpaired) electrons. The fourth-order valence-corrected chi connectivity index (χ4v) is 4.24. The summed E-state index contributed by atoms with van der Waals surface area (Å²) in [4.78, 5) is 25.6. The van der Waals surface area contributed by atoms with Crippen LogP contribution in [0.1, 0.15) is 30.4 Å². The van der Waals surface area contributed by atoms with Crippen LogP contribution in [0.4, 0.5) is 11.4 Å². The van der Waals surface area contributed by atoms with Crippen LogP contribution in [0.25, 0.3) is 0 Å². The Morgan fingerprint density at radius 3 is 2.82 bits per heavy atom. The van der Waals surface area contributed by atoms with Crippen molar-refractivity contribution >= 4 is 28.8 Å². The molecule has 1 aromatic rings. The van der Waals surface area contributed by atoms with Gasteiger partial charge in [0.05, 0.1) is 11.4 Å². The molecule has 0 saturated carbocycles. The van der Waals surface area contributed by atoms with Gasteiger partial charge in [0.1, 0.15) is 0 Å². The summed E-state index contributed by atoms with van der Waals surface area (Å²) >= 11 is 0. The largest absolute Gasteiger partial charge is 0.396 e. The second kappa shape index (κ2) is 7.62. The summed E-state index contributed by atoms with van der Waals surface area (Å²) in [6.45, 7) is 6.71. The third-order valence-corrected chi connectivity index (χ3v) is 5.87. The van der Waals surface area contributed by atoms with Crippen LogP contribution in [-0.2, 0) is 4.79 Å². The fraction of sp³-hybridized carbons (Fsp3) is 0.550. The van der Waals surface area contributed by atoms with Crippen molar-refractivity contribution in [2.45, 2.75) is 45.5 Å². The number of aliphatic hydroxyl groups is 2. The first-order valence-electron chi connectivity index (χ1n) is 9.87. The van der Waals surface area contributed by atoms with Crippen LogP contribution in [0.5, 0.6) is 0 Å². The lowest BCUT2D eigenvalue weighted by atomic mass is 10.0. The van der Waals surface area contributed by atoms with Crippen LogP contribution in [0.15, 0.2) is 22.1 Å². The third-order valence-electron chi connectivity index (χ3n) is 5.87. The van der Waals surface area contributed by atoms with Crippen molar-refractivity contribution in [2.75, 3.05) is 31.1 Å². The minimum Gasteiger partial charge on any atom is -0.396 e. The average Bonchev–Trinajstić information content (AvgIpc) is 3.08. The van der Waals surface area contributed by atoms with Crippen LogP contribution in [-0.4, -0.2) is 71.2 Å². The molecule has 28 heavy (non-hydrogen) atoms. The number of benzene rings is 1. The molecule has 2 atom stereocenters. The number of amidine groups is 1. The van der Waals surface area contributed by atoms with Crippen molar-refractivity contribution in [2.24, 2.45) is 9.98 Å². The molecule has 8 heteroatoms. The molecule has 0 spiro atoms. The second-order valence-electron chi connectivity index (χ2n) is 7.68. The van der Waals surface area contributed by atoms with Crippen molar-refractivity contribution < 1.29 is 15.0 Å². The average molecular weight is 385 g/mol. The predicted molar refractivity (Wildman–Crippen MR) is 108 cm³/mol. The molecule has 3 aliphatic rings. The molecule has 1 amide bonds. The van der Waals surface area contributed by atoms with Crippen molar-refractivity contribution in [1.82, 2.24) is 10.2 Å². The molecular weight excluding hydrogens is 358 g/mol. The number of carbonyl (C=O) groups is 1. The normalized spacial score (nSPS) is 24.4. The number of nitrogens with one attached hydrogen (secondary N) is 1. The SMILES string of the molecule is Cc1cc2c(cc1C)N(CCN1CCCC1CCO)C1=NC(O)NC(=O)C1=N2. The quantitative estimate of drug-likeness (QED) is 0.698. The van der Waals surface area contributed by atoms with Crippen molar-refractivity contribution in [1.29, 1.82) is 0 Å². The number of carbonyl (C=O) groups excluding carboxylic acids is 1. The first-order valence-corrected chi connectivity index (χ1v) is 9.87. The van der Waals surface area contributed by atoms with Crippen LogP contribution in [0.3, 0.4) is 0 Å². The number of aryl methyl sites for hydroxylation is 2. The van der Waals surface area contributed by atoms with E-state index in [0.717, 1.165) is 54.9 Å². The first-order chi connectivity index (χ1) is 13.5. The number of likely N-dealkylation sites (tertiary alicyclic amines) is 1. The van der Waals surface area contributed by atoms with Crippen LogP contribution in [0, 0.1) is 13.8 Å². The monoisotopic (exact) mass is 385 g/mol. The molecule has 1 aromatic carbocycles. The molecule has 2 unspecified atom stereocenters. The van der Waals surface area contributed by atoms with E-state index < -0.39 is 12.3 Å². The highest BCUT2D eigenvalue weighted by Crippen LogP contribution is 2.36. The smallest absolute Gasteiger partial charge is 0.277 e. The van der Waals surface area contributed by atoms with E-state index in [1.807, 2.05) is 17.9 Å². The summed E-state index contributed by atoms with van der Waals surface area (Å²) in [5, 5.41) is 21.7. The molecule has 1 fully saturated rings. The standard InChI is InChI=1S/C20H27N5O3/c1-12-10-15-16(11-13(12)2)25(8-7-24-6-3-4-14(24)5-9-26)18-17(21-15)19(27)23-20(28)22-18/h10-11,14,20,26,28H,3-9H2,1-2H3,(H,23,27). The van der Waals surface area contributed by atoms with E-state index in [0.29, 0.717) is 18.4 Å². The minimum absolute atomic E-state index is 0.196.